The average molecular weight is 238 g/mol. The number of nitrogens with one attached hydrogen (secondary N) is 1. The minimum atomic E-state index is -0.141. The summed E-state index contributed by atoms with van der Waals surface area (Å²) < 4.78 is 7.15. The fourth-order valence-corrected chi connectivity index (χ4v) is 1.66. The molecule has 0 radical (unpaired) electrons. The summed E-state index contributed by atoms with van der Waals surface area (Å²) in [5.74, 6) is 0.548. The second-order valence-electron chi connectivity index (χ2n) is 4.35. The smallest absolute Gasteiger partial charge is 0.271 e. The summed E-state index contributed by atoms with van der Waals surface area (Å²) in [7, 11) is 3.94. The molecule has 1 aromatic heterocycles. The molecule has 0 aliphatic carbocycles. The maximum atomic E-state index is 11.8. The van der Waals surface area contributed by atoms with Crippen molar-refractivity contribution in [1.29, 1.82) is 0 Å². The second-order valence-corrected chi connectivity index (χ2v) is 4.35. The highest BCUT2D eigenvalue weighted by Crippen LogP contribution is 2.17. The number of aryl methyl sites for hydroxylation is 1. The number of ether oxygens (including phenoxy) is 1. The fourth-order valence-electron chi connectivity index (χ4n) is 1.66. The highest BCUT2D eigenvalue weighted by atomic mass is 16.5. The van der Waals surface area contributed by atoms with Gasteiger partial charge in [-0.25, -0.2) is 4.68 Å². The molecule has 17 heavy (non-hydrogen) atoms. The molecule has 0 bridgehead atoms. The summed E-state index contributed by atoms with van der Waals surface area (Å²) in [6.45, 7) is 2.96. The normalized spacial score (nSPS) is 14.3. The van der Waals surface area contributed by atoms with Gasteiger partial charge < -0.3 is 15.0 Å². The number of aromatic nitrogens is 2. The Kier molecular flexibility index (Phi) is 3.63. The predicted octanol–water partition coefficient (Wildman–Crippen LogP) is -0.0430. The van der Waals surface area contributed by atoms with Gasteiger partial charge in [0.2, 0.25) is 5.88 Å². The zero-order valence-electron chi connectivity index (χ0n) is 10.3. The van der Waals surface area contributed by atoms with Crippen LogP contribution in [0, 0.1) is 0 Å². The van der Waals surface area contributed by atoms with E-state index in [0.29, 0.717) is 24.7 Å². The molecule has 0 spiro atoms. The minimum Gasteiger partial charge on any atom is -0.478 e. The van der Waals surface area contributed by atoms with Crippen molar-refractivity contribution in [3.05, 3.63) is 11.8 Å². The lowest BCUT2D eigenvalue weighted by atomic mass is 10.4. The van der Waals surface area contributed by atoms with Gasteiger partial charge in [-0.15, -0.1) is 0 Å². The van der Waals surface area contributed by atoms with Crippen LogP contribution in [0.1, 0.15) is 16.9 Å². The van der Waals surface area contributed by atoms with Gasteiger partial charge in [-0.05, 0) is 14.1 Å². The van der Waals surface area contributed by atoms with E-state index in [-0.39, 0.29) is 5.91 Å². The van der Waals surface area contributed by atoms with E-state index in [0.717, 1.165) is 19.5 Å². The third-order valence-corrected chi connectivity index (χ3v) is 2.58. The van der Waals surface area contributed by atoms with Crippen LogP contribution in [0.4, 0.5) is 0 Å². The molecule has 0 aromatic carbocycles. The molecule has 94 valence electrons. The van der Waals surface area contributed by atoms with Gasteiger partial charge in [-0.2, -0.15) is 5.10 Å². The molecule has 6 heteroatoms. The summed E-state index contributed by atoms with van der Waals surface area (Å²) in [5, 5.41) is 7.04. The minimum absolute atomic E-state index is 0.141. The molecule has 0 saturated heterocycles. The Hall–Kier alpha value is -1.56. The van der Waals surface area contributed by atoms with E-state index in [1.807, 2.05) is 19.0 Å². The SMILES string of the molecule is CN(C)CCNC(=O)c1cc2n(n1)CCCO2. The monoisotopic (exact) mass is 238 g/mol. The first-order valence-corrected chi connectivity index (χ1v) is 5.80. The van der Waals surface area contributed by atoms with Crippen molar-refractivity contribution in [2.45, 2.75) is 13.0 Å². The van der Waals surface area contributed by atoms with Gasteiger partial charge in [0.15, 0.2) is 5.69 Å². The second kappa shape index (κ2) is 5.18. The molecule has 6 nitrogen and oxygen atoms in total. The number of amides is 1. The van der Waals surface area contributed by atoms with Crippen LogP contribution in [0.5, 0.6) is 5.88 Å². The van der Waals surface area contributed by atoms with Crippen molar-refractivity contribution >= 4 is 5.91 Å². The van der Waals surface area contributed by atoms with E-state index in [1.165, 1.54) is 0 Å². The summed E-state index contributed by atoms with van der Waals surface area (Å²) in [5.41, 5.74) is 0.431. The van der Waals surface area contributed by atoms with Crippen molar-refractivity contribution in [1.82, 2.24) is 20.0 Å². The summed E-state index contributed by atoms with van der Waals surface area (Å²) >= 11 is 0. The van der Waals surface area contributed by atoms with E-state index in [9.17, 15) is 4.79 Å². The van der Waals surface area contributed by atoms with E-state index >= 15 is 0 Å². The van der Waals surface area contributed by atoms with Crippen LogP contribution in [0.25, 0.3) is 0 Å². The Balaban J connectivity index is 1.92. The molecule has 0 unspecified atom stereocenters. The molecule has 0 atom stereocenters. The first kappa shape index (κ1) is 11.9. The predicted molar refractivity (Wildman–Crippen MR) is 63.2 cm³/mol. The Bertz CT molecular complexity index is 377. The molecule has 0 fully saturated rings. The molecule has 1 aliphatic rings. The molecular weight excluding hydrogens is 220 g/mol. The number of carbonyl (C=O) groups excluding carboxylic acids is 1. The third kappa shape index (κ3) is 2.97. The number of nitrogens with zero attached hydrogens (tertiary/aromatic N) is 3. The summed E-state index contributed by atoms with van der Waals surface area (Å²) in [6.07, 6.45) is 0.941. The van der Waals surface area contributed by atoms with Crippen molar-refractivity contribution in [3.63, 3.8) is 0 Å². The fraction of sp³-hybridized carbons (Fsp3) is 0.636. The van der Waals surface area contributed by atoms with Gasteiger partial charge in [0.25, 0.3) is 5.91 Å². The number of rotatable bonds is 4. The molecule has 2 heterocycles. The number of likely N-dealkylation sites (N-methyl/N-ethyl adjacent to an activating group) is 1. The summed E-state index contributed by atoms with van der Waals surface area (Å²) in [6, 6.07) is 1.70. The maximum absolute atomic E-state index is 11.8. The van der Waals surface area contributed by atoms with Crippen molar-refractivity contribution in [3.8, 4) is 5.88 Å². The Morgan fingerprint density at radius 1 is 1.65 bits per heavy atom. The number of carbonyl (C=O) groups is 1. The first-order chi connectivity index (χ1) is 8.16. The van der Waals surface area contributed by atoms with Gasteiger partial charge in [0, 0.05) is 32.1 Å². The molecule has 0 saturated carbocycles. The number of hydrogen-bond donors (Lipinski definition) is 1. The van der Waals surface area contributed by atoms with E-state index in [2.05, 4.69) is 10.4 Å². The molecule has 1 aliphatic heterocycles. The lowest BCUT2D eigenvalue weighted by Gasteiger charge is -2.13. The Morgan fingerprint density at radius 3 is 3.18 bits per heavy atom. The van der Waals surface area contributed by atoms with Gasteiger partial charge in [-0.1, -0.05) is 0 Å². The highest BCUT2D eigenvalue weighted by Gasteiger charge is 2.17. The molecule has 1 N–H and O–H groups in total. The van der Waals surface area contributed by atoms with Gasteiger partial charge in [0.1, 0.15) is 0 Å². The van der Waals surface area contributed by atoms with E-state index in [4.69, 9.17) is 4.74 Å². The van der Waals surface area contributed by atoms with Crippen LogP contribution >= 0.6 is 0 Å². The van der Waals surface area contributed by atoms with Crippen molar-refractivity contribution in [2.75, 3.05) is 33.8 Å². The topological polar surface area (TPSA) is 59.4 Å². The zero-order chi connectivity index (χ0) is 12.3. The van der Waals surface area contributed by atoms with Gasteiger partial charge in [-0.3, -0.25) is 4.79 Å². The molecule has 1 aromatic rings. The zero-order valence-corrected chi connectivity index (χ0v) is 10.3. The largest absolute Gasteiger partial charge is 0.478 e. The number of hydrogen-bond acceptors (Lipinski definition) is 4. The van der Waals surface area contributed by atoms with E-state index in [1.54, 1.807) is 10.7 Å². The van der Waals surface area contributed by atoms with Crippen LogP contribution in [-0.2, 0) is 6.54 Å². The van der Waals surface area contributed by atoms with Crippen LogP contribution in [0.15, 0.2) is 6.07 Å². The van der Waals surface area contributed by atoms with Gasteiger partial charge >= 0.3 is 0 Å². The average Bonchev–Trinajstić information content (AvgIpc) is 2.71. The lowest BCUT2D eigenvalue weighted by Crippen LogP contribution is -2.31. The quantitative estimate of drug-likeness (QED) is 0.799. The maximum Gasteiger partial charge on any atom is 0.271 e. The first-order valence-electron chi connectivity index (χ1n) is 5.80. The van der Waals surface area contributed by atoms with Gasteiger partial charge in [0.05, 0.1) is 6.61 Å². The third-order valence-electron chi connectivity index (χ3n) is 2.58. The van der Waals surface area contributed by atoms with Crippen LogP contribution in [0.3, 0.4) is 0 Å². The standard InChI is InChI=1S/C11H18N4O2/c1-14(2)6-4-12-11(16)9-8-10-15(13-9)5-3-7-17-10/h8H,3-7H2,1-2H3,(H,12,16). The molecule has 1 amide bonds. The Labute approximate surface area is 101 Å². The Morgan fingerprint density at radius 2 is 2.47 bits per heavy atom. The van der Waals surface area contributed by atoms with Crippen LogP contribution in [0.2, 0.25) is 0 Å². The molecule has 2 rings (SSSR count). The highest BCUT2D eigenvalue weighted by molar-refractivity contribution is 5.92. The molecular formula is C11H18N4O2. The summed E-state index contributed by atoms with van der Waals surface area (Å²) in [4.78, 5) is 13.8. The van der Waals surface area contributed by atoms with Crippen molar-refractivity contribution < 1.29 is 9.53 Å². The lowest BCUT2D eigenvalue weighted by molar-refractivity contribution is 0.0945. The number of fused-ring (bicyclic) bond motifs is 1. The van der Waals surface area contributed by atoms with Crippen LogP contribution < -0.4 is 10.1 Å². The van der Waals surface area contributed by atoms with Crippen LogP contribution in [-0.4, -0.2) is 54.4 Å². The van der Waals surface area contributed by atoms with E-state index < -0.39 is 0 Å². The van der Waals surface area contributed by atoms with Crippen molar-refractivity contribution in [2.24, 2.45) is 0 Å².